The van der Waals surface area contributed by atoms with Crippen molar-refractivity contribution in [3.8, 4) is 0 Å². The summed E-state index contributed by atoms with van der Waals surface area (Å²) in [6, 6.07) is 10.3. The van der Waals surface area contributed by atoms with Crippen LogP contribution >= 0.6 is 0 Å². The zero-order chi connectivity index (χ0) is 20.1. The molecule has 0 aliphatic carbocycles. The molecule has 2 aromatic heterocycles. The molecule has 29 heavy (non-hydrogen) atoms. The normalized spacial score (nSPS) is 16.0. The van der Waals surface area contributed by atoms with E-state index in [4.69, 9.17) is 4.74 Å². The predicted octanol–water partition coefficient (Wildman–Crippen LogP) is 2.22. The molecule has 1 aliphatic heterocycles. The standard InChI is InChI=1S/C21H24FN5O2/c22-15-4-5-16-18(13-15)26-20(25-16)6-7-21(28)24-14-19(17-3-1-2-8-23-17)27-9-11-29-12-10-27/h1-5,8,13,19H,6-7,9-12,14H2,(H,24,28)(H,25,26). The number of nitrogens with zero attached hydrogens (tertiary/aromatic N) is 3. The molecule has 3 heterocycles. The van der Waals surface area contributed by atoms with Gasteiger partial charge in [-0.3, -0.25) is 14.7 Å². The SMILES string of the molecule is O=C(CCc1nc2ccc(F)cc2[nH]1)NCC(c1ccccn1)N1CCOCC1. The number of morpholine rings is 1. The van der Waals surface area contributed by atoms with E-state index in [1.54, 1.807) is 12.3 Å². The fraction of sp³-hybridized carbons (Fsp3) is 0.381. The minimum Gasteiger partial charge on any atom is -0.379 e. The topological polar surface area (TPSA) is 83.1 Å². The number of aromatic amines is 1. The summed E-state index contributed by atoms with van der Waals surface area (Å²) in [6.45, 7) is 3.48. The van der Waals surface area contributed by atoms with Crippen molar-refractivity contribution in [1.82, 2.24) is 25.2 Å². The van der Waals surface area contributed by atoms with Crippen molar-refractivity contribution >= 4 is 16.9 Å². The zero-order valence-corrected chi connectivity index (χ0v) is 16.1. The summed E-state index contributed by atoms with van der Waals surface area (Å²) in [5.41, 5.74) is 2.28. The second-order valence-corrected chi connectivity index (χ2v) is 7.07. The lowest BCUT2D eigenvalue weighted by molar-refractivity contribution is -0.121. The monoisotopic (exact) mass is 397 g/mol. The highest BCUT2D eigenvalue weighted by atomic mass is 19.1. The first-order chi connectivity index (χ1) is 14.2. The molecular weight excluding hydrogens is 373 g/mol. The van der Waals surface area contributed by atoms with E-state index in [9.17, 15) is 9.18 Å². The van der Waals surface area contributed by atoms with Gasteiger partial charge in [0.1, 0.15) is 11.6 Å². The summed E-state index contributed by atoms with van der Waals surface area (Å²) in [7, 11) is 0. The van der Waals surface area contributed by atoms with Crippen molar-refractivity contribution in [3.05, 3.63) is 59.9 Å². The van der Waals surface area contributed by atoms with E-state index in [0.29, 0.717) is 49.5 Å². The van der Waals surface area contributed by atoms with Gasteiger partial charge >= 0.3 is 0 Å². The maximum Gasteiger partial charge on any atom is 0.220 e. The van der Waals surface area contributed by atoms with Crippen LogP contribution in [0.25, 0.3) is 11.0 Å². The number of amides is 1. The van der Waals surface area contributed by atoms with Crippen molar-refractivity contribution in [2.75, 3.05) is 32.8 Å². The molecule has 0 spiro atoms. The molecule has 0 radical (unpaired) electrons. The van der Waals surface area contributed by atoms with Crippen LogP contribution < -0.4 is 5.32 Å². The van der Waals surface area contributed by atoms with Gasteiger partial charge in [-0.05, 0) is 30.3 Å². The molecule has 1 unspecified atom stereocenters. The lowest BCUT2D eigenvalue weighted by atomic mass is 10.1. The lowest BCUT2D eigenvalue weighted by Crippen LogP contribution is -2.44. The van der Waals surface area contributed by atoms with Gasteiger partial charge < -0.3 is 15.0 Å². The van der Waals surface area contributed by atoms with Crippen LogP contribution in [0.5, 0.6) is 0 Å². The van der Waals surface area contributed by atoms with Crippen LogP contribution in [0.3, 0.4) is 0 Å². The number of hydrogen-bond acceptors (Lipinski definition) is 5. The van der Waals surface area contributed by atoms with Crippen LogP contribution in [0.1, 0.15) is 24.0 Å². The van der Waals surface area contributed by atoms with E-state index in [2.05, 4.69) is 25.2 Å². The molecule has 1 aromatic carbocycles. The molecule has 1 amide bonds. The third kappa shape index (κ3) is 4.96. The van der Waals surface area contributed by atoms with Crippen LogP contribution in [-0.4, -0.2) is 58.6 Å². The summed E-state index contributed by atoms with van der Waals surface area (Å²) in [6.07, 6.45) is 2.54. The first-order valence-electron chi connectivity index (χ1n) is 9.82. The predicted molar refractivity (Wildman–Crippen MR) is 107 cm³/mol. The fourth-order valence-electron chi connectivity index (χ4n) is 3.57. The number of carbonyl (C=O) groups is 1. The number of rotatable bonds is 7. The Labute approximate surface area is 168 Å². The quantitative estimate of drug-likeness (QED) is 0.639. The number of pyridine rings is 1. The van der Waals surface area contributed by atoms with Crippen LogP contribution in [0.15, 0.2) is 42.6 Å². The summed E-state index contributed by atoms with van der Waals surface area (Å²) >= 11 is 0. The Morgan fingerprint density at radius 1 is 1.28 bits per heavy atom. The van der Waals surface area contributed by atoms with E-state index in [-0.39, 0.29) is 17.8 Å². The minimum absolute atomic E-state index is 0.0122. The number of imidazole rings is 1. The second kappa shape index (κ2) is 9.11. The molecular formula is C21H24FN5O2. The first kappa shape index (κ1) is 19.5. The molecule has 152 valence electrons. The highest BCUT2D eigenvalue weighted by Gasteiger charge is 2.24. The molecule has 3 aromatic rings. The number of hydrogen-bond donors (Lipinski definition) is 2. The lowest BCUT2D eigenvalue weighted by Gasteiger charge is -2.34. The summed E-state index contributed by atoms with van der Waals surface area (Å²) in [4.78, 5) is 26.7. The largest absolute Gasteiger partial charge is 0.379 e. The highest BCUT2D eigenvalue weighted by molar-refractivity contribution is 5.77. The Balaban J connectivity index is 1.34. The molecule has 0 saturated carbocycles. The minimum atomic E-state index is -0.311. The smallest absolute Gasteiger partial charge is 0.220 e. The van der Waals surface area contributed by atoms with Crippen LogP contribution in [0.2, 0.25) is 0 Å². The van der Waals surface area contributed by atoms with Crippen molar-refractivity contribution in [3.63, 3.8) is 0 Å². The summed E-state index contributed by atoms with van der Waals surface area (Å²) < 4.78 is 18.7. The molecule has 8 heteroatoms. The number of carbonyl (C=O) groups excluding carboxylic acids is 1. The van der Waals surface area contributed by atoms with E-state index < -0.39 is 0 Å². The Morgan fingerprint density at radius 3 is 2.93 bits per heavy atom. The summed E-state index contributed by atoms with van der Waals surface area (Å²) in [5, 5.41) is 3.03. The summed E-state index contributed by atoms with van der Waals surface area (Å²) in [5.74, 6) is 0.315. The number of nitrogens with one attached hydrogen (secondary N) is 2. The maximum absolute atomic E-state index is 13.3. The Kier molecular flexibility index (Phi) is 6.12. The fourth-order valence-corrected chi connectivity index (χ4v) is 3.57. The zero-order valence-electron chi connectivity index (χ0n) is 16.1. The molecule has 1 fully saturated rings. The number of H-pyrrole nitrogens is 1. The van der Waals surface area contributed by atoms with Crippen molar-refractivity contribution in [2.24, 2.45) is 0 Å². The number of aromatic nitrogens is 3. The Hall–Kier alpha value is -2.84. The number of aryl methyl sites for hydroxylation is 1. The molecule has 4 rings (SSSR count). The number of halogens is 1. The van der Waals surface area contributed by atoms with E-state index >= 15 is 0 Å². The molecule has 7 nitrogen and oxygen atoms in total. The van der Waals surface area contributed by atoms with E-state index in [1.807, 2.05) is 18.2 Å². The van der Waals surface area contributed by atoms with Crippen LogP contribution in [0.4, 0.5) is 4.39 Å². The number of fused-ring (bicyclic) bond motifs is 1. The second-order valence-electron chi connectivity index (χ2n) is 7.07. The van der Waals surface area contributed by atoms with Crippen LogP contribution in [0, 0.1) is 5.82 Å². The van der Waals surface area contributed by atoms with Gasteiger partial charge in [0.2, 0.25) is 5.91 Å². The van der Waals surface area contributed by atoms with Gasteiger partial charge in [-0.2, -0.15) is 0 Å². The number of benzene rings is 1. The van der Waals surface area contributed by atoms with E-state index in [1.165, 1.54) is 12.1 Å². The average molecular weight is 397 g/mol. The molecule has 1 atom stereocenters. The third-order valence-corrected chi connectivity index (χ3v) is 5.09. The first-order valence-corrected chi connectivity index (χ1v) is 9.82. The number of ether oxygens (including phenoxy) is 1. The third-order valence-electron chi connectivity index (χ3n) is 5.09. The maximum atomic E-state index is 13.3. The average Bonchev–Trinajstić information content (AvgIpc) is 3.16. The highest BCUT2D eigenvalue weighted by Crippen LogP contribution is 2.19. The van der Waals surface area contributed by atoms with Gasteiger partial charge in [-0.25, -0.2) is 9.37 Å². The van der Waals surface area contributed by atoms with Gasteiger partial charge in [0.15, 0.2) is 0 Å². The van der Waals surface area contributed by atoms with Crippen LogP contribution in [-0.2, 0) is 16.0 Å². The van der Waals surface area contributed by atoms with Gasteiger partial charge in [0, 0.05) is 38.7 Å². The van der Waals surface area contributed by atoms with Crippen molar-refractivity contribution in [1.29, 1.82) is 0 Å². The van der Waals surface area contributed by atoms with Crippen molar-refractivity contribution in [2.45, 2.75) is 18.9 Å². The van der Waals surface area contributed by atoms with Gasteiger partial charge in [-0.15, -0.1) is 0 Å². The van der Waals surface area contributed by atoms with Gasteiger partial charge in [-0.1, -0.05) is 6.07 Å². The molecule has 0 bridgehead atoms. The molecule has 1 saturated heterocycles. The molecule has 2 N–H and O–H groups in total. The Bertz CT molecular complexity index is 956. The Morgan fingerprint density at radius 2 is 2.14 bits per heavy atom. The van der Waals surface area contributed by atoms with Gasteiger partial charge in [0.05, 0.1) is 36.0 Å². The van der Waals surface area contributed by atoms with Crippen molar-refractivity contribution < 1.29 is 13.9 Å². The molecule has 1 aliphatic rings. The van der Waals surface area contributed by atoms with Gasteiger partial charge in [0.25, 0.3) is 0 Å². The van der Waals surface area contributed by atoms with E-state index in [0.717, 1.165) is 18.8 Å².